The van der Waals surface area contributed by atoms with Crippen molar-refractivity contribution in [3.05, 3.63) is 0 Å². The van der Waals surface area contributed by atoms with Crippen LogP contribution in [0.4, 0.5) is 4.79 Å². The molecule has 0 aromatic rings. The Morgan fingerprint density at radius 2 is 1.48 bits per heavy atom. The fraction of sp³-hybridized carbons (Fsp3) is 0.826. The van der Waals surface area contributed by atoms with E-state index in [9.17, 15) is 19.2 Å². The smallest absolute Gasteiger partial charge is 0.316 e. The molecule has 2 N–H and O–H groups in total. The summed E-state index contributed by atoms with van der Waals surface area (Å²) in [6.45, 7) is 18.7. The maximum atomic E-state index is 13.3. The molecule has 0 aliphatic carbocycles. The van der Waals surface area contributed by atoms with E-state index in [1.165, 1.54) is 0 Å². The number of hydrogen-bond acceptors (Lipinski definition) is 4. The Morgan fingerprint density at radius 3 is 1.90 bits per heavy atom. The maximum absolute atomic E-state index is 13.3. The molecule has 4 unspecified atom stereocenters. The second kappa shape index (κ2) is 10.5. The summed E-state index contributed by atoms with van der Waals surface area (Å²) in [5, 5.41) is 5.60. The van der Waals surface area contributed by atoms with Crippen LogP contribution in [0.5, 0.6) is 0 Å². The van der Waals surface area contributed by atoms with Gasteiger partial charge < -0.3 is 25.2 Å². The molecule has 0 bridgehead atoms. The number of urea groups is 1. The summed E-state index contributed by atoms with van der Waals surface area (Å²) in [7, 11) is 0. The maximum Gasteiger partial charge on any atom is 0.316 e. The number of carbonyl (C=O) groups excluding carboxylic acids is 4. The van der Waals surface area contributed by atoms with Crippen LogP contribution in [-0.4, -0.2) is 71.7 Å². The molecule has 8 heteroatoms. The highest BCUT2D eigenvalue weighted by atomic mass is 16.2. The summed E-state index contributed by atoms with van der Waals surface area (Å²) < 4.78 is 0. The molecule has 0 aromatic carbocycles. The van der Waals surface area contributed by atoms with Crippen LogP contribution in [0.1, 0.15) is 68.7 Å². The van der Waals surface area contributed by atoms with Gasteiger partial charge in [-0.1, -0.05) is 48.5 Å². The minimum absolute atomic E-state index is 0.152. The molecule has 31 heavy (non-hydrogen) atoms. The lowest BCUT2D eigenvalue weighted by Crippen LogP contribution is -2.61. The predicted molar refractivity (Wildman–Crippen MR) is 121 cm³/mol. The number of aldehydes is 1. The van der Waals surface area contributed by atoms with E-state index in [-0.39, 0.29) is 17.7 Å². The van der Waals surface area contributed by atoms with Crippen molar-refractivity contribution < 1.29 is 19.2 Å². The Labute approximate surface area is 187 Å². The van der Waals surface area contributed by atoms with Gasteiger partial charge in [-0.05, 0) is 37.0 Å². The first kappa shape index (κ1) is 26.9. The number of amides is 4. The van der Waals surface area contributed by atoms with Crippen molar-refractivity contribution in [2.45, 2.75) is 86.9 Å². The molecular formula is C23H42N4O4. The summed E-state index contributed by atoms with van der Waals surface area (Å²) >= 11 is 0. The second-order valence-corrected chi connectivity index (χ2v) is 10.8. The Morgan fingerprint density at radius 1 is 1.00 bits per heavy atom. The topological polar surface area (TPSA) is 98.8 Å². The average molecular weight is 439 g/mol. The van der Waals surface area contributed by atoms with Crippen molar-refractivity contribution in [2.24, 2.45) is 16.7 Å². The molecule has 0 aromatic heterocycles. The van der Waals surface area contributed by atoms with E-state index < -0.39 is 35.0 Å². The third-order valence-corrected chi connectivity index (χ3v) is 5.84. The predicted octanol–water partition coefficient (Wildman–Crippen LogP) is 2.42. The molecule has 1 aliphatic rings. The molecule has 1 fully saturated rings. The van der Waals surface area contributed by atoms with E-state index in [2.05, 4.69) is 10.6 Å². The highest BCUT2D eigenvalue weighted by Crippen LogP contribution is 2.27. The molecule has 1 aliphatic heterocycles. The lowest BCUT2D eigenvalue weighted by molar-refractivity contribution is -0.138. The molecule has 0 radical (unpaired) electrons. The van der Waals surface area contributed by atoms with Crippen LogP contribution in [0.15, 0.2) is 0 Å². The molecule has 8 nitrogen and oxygen atoms in total. The van der Waals surface area contributed by atoms with Gasteiger partial charge in [-0.15, -0.1) is 0 Å². The molecule has 1 heterocycles. The van der Waals surface area contributed by atoms with Gasteiger partial charge in [0.05, 0.1) is 6.04 Å². The van der Waals surface area contributed by atoms with Gasteiger partial charge in [-0.3, -0.25) is 9.59 Å². The van der Waals surface area contributed by atoms with Crippen molar-refractivity contribution in [1.29, 1.82) is 0 Å². The van der Waals surface area contributed by atoms with Crippen LogP contribution in [0.3, 0.4) is 0 Å². The molecule has 1 rings (SSSR count). The zero-order valence-corrected chi connectivity index (χ0v) is 20.7. The zero-order chi connectivity index (χ0) is 24.1. The molecular weight excluding hydrogens is 396 g/mol. The number of likely N-dealkylation sites (N-methyl/N-ethyl adjacent to an activating group) is 1. The van der Waals surface area contributed by atoms with Crippen molar-refractivity contribution in [2.75, 3.05) is 19.6 Å². The molecule has 4 amide bonds. The standard InChI is InChI=1S/C23H42N4O4/c1-10-26(11-2)19(29)17(22(4,5)6)24-21(31)25-18(23(7,8)9)20(30)27-13-15(3)12-16(27)14-28/h14-18H,10-13H2,1-9H3,(H2,24,25,31). The van der Waals surface area contributed by atoms with E-state index in [0.29, 0.717) is 26.1 Å². The van der Waals surface area contributed by atoms with E-state index in [4.69, 9.17) is 0 Å². The summed E-state index contributed by atoms with van der Waals surface area (Å²) in [5.74, 6) is -0.197. The van der Waals surface area contributed by atoms with Crippen LogP contribution < -0.4 is 10.6 Å². The fourth-order valence-electron chi connectivity index (χ4n) is 3.95. The fourth-order valence-corrected chi connectivity index (χ4v) is 3.95. The van der Waals surface area contributed by atoms with Crippen molar-refractivity contribution in [3.8, 4) is 0 Å². The molecule has 4 atom stereocenters. The minimum atomic E-state index is -0.829. The summed E-state index contributed by atoms with van der Waals surface area (Å²) in [6, 6.07) is -2.60. The molecule has 1 saturated heterocycles. The number of hydrogen-bond donors (Lipinski definition) is 2. The van der Waals surface area contributed by atoms with Gasteiger partial charge in [0.25, 0.3) is 0 Å². The zero-order valence-electron chi connectivity index (χ0n) is 20.7. The number of rotatable bonds is 7. The summed E-state index contributed by atoms with van der Waals surface area (Å²) in [6.07, 6.45) is 1.43. The van der Waals surface area contributed by atoms with Gasteiger partial charge in [0.15, 0.2) is 0 Å². The van der Waals surface area contributed by atoms with Crippen LogP contribution >= 0.6 is 0 Å². The minimum Gasteiger partial charge on any atom is -0.341 e. The van der Waals surface area contributed by atoms with Crippen molar-refractivity contribution >= 4 is 24.1 Å². The average Bonchev–Trinajstić information content (AvgIpc) is 3.03. The first-order valence-corrected chi connectivity index (χ1v) is 11.3. The van der Waals surface area contributed by atoms with E-state index >= 15 is 0 Å². The van der Waals surface area contributed by atoms with E-state index in [0.717, 1.165) is 6.29 Å². The Balaban J connectivity index is 3.07. The largest absolute Gasteiger partial charge is 0.341 e. The first-order valence-electron chi connectivity index (χ1n) is 11.3. The van der Waals surface area contributed by atoms with Crippen LogP contribution in [0, 0.1) is 16.7 Å². The number of nitrogens with zero attached hydrogens (tertiary/aromatic N) is 2. The molecule has 0 spiro atoms. The molecule has 178 valence electrons. The van der Waals surface area contributed by atoms with E-state index in [1.54, 1.807) is 9.80 Å². The summed E-state index contributed by atoms with van der Waals surface area (Å²) in [4.78, 5) is 54.0. The Kier molecular flexibility index (Phi) is 9.08. The highest BCUT2D eigenvalue weighted by molar-refractivity contribution is 5.92. The first-order chi connectivity index (χ1) is 14.2. The van der Waals surface area contributed by atoms with Crippen LogP contribution in [0.25, 0.3) is 0 Å². The quantitative estimate of drug-likeness (QED) is 0.596. The Hall–Kier alpha value is -2.12. The van der Waals surface area contributed by atoms with Gasteiger partial charge in [-0.25, -0.2) is 4.79 Å². The van der Waals surface area contributed by atoms with Gasteiger partial charge in [-0.2, -0.15) is 0 Å². The number of likely N-dealkylation sites (tertiary alicyclic amines) is 1. The van der Waals surface area contributed by atoms with E-state index in [1.807, 2.05) is 62.3 Å². The van der Waals surface area contributed by atoms with Crippen molar-refractivity contribution in [1.82, 2.24) is 20.4 Å². The third-order valence-electron chi connectivity index (χ3n) is 5.84. The van der Waals surface area contributed by atoms with Crippen LogP contribution in [0.2, 0.25) is 0 Å². The second-order valence-electron chi connectivity index (χ2n) is 10.8. The lowest BCUT2D eigenvalue weighted by atomic mass is 9.85. The Bertz CT molecular complexity index is 661. The third kappa shape index (κ3) is 6.94. The highest BCUT2D eigenvalue weighted by Gasteiger charge is 2.42. The normalized spacial score (nSPS) is 21.3. The van der Waals surface area contributed by atoms with Gasteiger partial charge in [0, 0.05) is 19.6 Å². The van der Waals surface area contributed by atoms with Crippen LogP contribution in [-0.2, 0) is 14.4 Å². The van der Waals surface area contributed by atoms with Gasteiger partial charge in [0.1, 0.15) is 18.4 Å². The van der Waals surface area contributed by atoms with Gasteiger partial charge in [0.2, 0.25) is 11.8 Å². The summed E-state index contributed by atoms with van der Waals surface area (Å²) in [5.41, 5.74) is -1.08. The number of nitrogens with one attached hydrogen (secondary N) is 2. The lowest BCUT2D eigenvalue weighted by Gasteiger charge is -2.37. The molecule has 0 saturated carbocycles. The van der Waals surface area contributed by atoms with Crippen molar-refractivity contribution in [3.63, 3.8) is 0 Å². The number of carbonyl (C=O) groups is 4. The SMILES string of the molecule is CCN(CC)C(=O)C(NC(=O)NC(C(=O)N1CC(C)CC1C=O)C(C)(C)C)C(C)(C)C. The van der Waals surface area contributed by atoms with Gasteiger partial charge >= 0.3 is 6.03 Å². The monoisotopic (exact) mass is 438 g/mol.